The maximum atomic E-state index is 11.7. The number of benzene rings is 1. The summed E-state index contributed by atoms with van der Waals surface area (Å²) < 4.78 is 16.1. The van der Waals surface area contributed by atoms with E-state index in [4.69, 9.17) is 14.2 Å². The van der Waals surface area contributed by atoms with E-state index < -0.39 is 6.09 Å². The second kappa shape index (κ2) is 8.89. The third-order valence-electron chi connectivity index (χ3n) is 2.60. The first-order valence-electron chi connectivity index (χ1n) is 7.08. The first kappa shape index (κ1) is 16.9. The van der Waals surface area contributed by atoms with Gasteiger partial charge < -0.3 is 14.2 Å². The van der Waals surface area contributed by atoms with Crippen molar-refractivity contribution in [3.05, 3.63) is 30.9 Å². The molecule has 21 heavy (non-hydrogen) atoms. The van der Waals surface area contributed by atoms with Gasteiger partial charge in [0.2, 0.25) is 0 Å². The highest BCUT2D eigenvalue weighted by molar-refractivity contribution is 5.85. The maximum absolute atomic E-state index is 11.7. The van der Waals surface area contributed by atoms with Gasteiger partial charge in [0.05, 0.1) is 13.2 Å². The van der Waals surface area contributed by atoms with Crippen LogP contribution in [0.1, 0.15) is 27.2 Å². The largest absolute Gasteiger partial charge is 0.490 e. The number of carbonyl (C=O) groups is 1. The van der Waals surface area contributed by atoms with Gasteiger partial charge in [-0.25, -0.2) is 4.79 Å². The first-order valence-corrected chi connectivity index (χ1v) is 7.08. The van der Waals surface area contributed by atoms with Gasteiger partial charge in [0.25, 0.3) is 0 Å². The molecule has 116 valence electrons. The van der Waals surface area contributed by atoms with Crippen molar-refractivity contribution in [2.24, 2.45) is 0 Å². The number of ether oxygens (including phenoxy) is 3. The standard InChI is InChI=1S/C16H23NO4/c1-5-8-12(4)21-16(18)17-13-9-10-14(19-6-2)15(11-13)20-7-3/h5,9-12H,1,6-8H2,2-4H3,(H,17,18). The number of nitrogens with one attached hydrogen (secondary N) is 1. The molecule has 0 saturated heterocycles. The highest BCUT2D eigenvalue weighted by atomic mass is 16.6. The number of hydrogen-bond donors (Lipinski definition) is 1. The van der Waals surface area contributed by atoms with E-state index in [1.165, 1.54) is 0 Å². The molecule has 1 atom stereocenters. The van der Waals surface area contributed by atoms with Crippen LogP contribution in [0.4, 0.5) is 10.5 Å². The molecular weight excluding hydrogens is 270 g/mol. The minimum atomic E-state index is -0.504. The quantitative estimate of drug-likeness (QED) is 0.736. The van der Waals surface area contributed by atoms with E-state index in [-0.39, 0.29) is 6.10 Å². The molecule has 0 heterocycles. The number of anilines is 1. The lowest BCUT2D eigenvalue weighted by atomic mass is 10.2. The monoisotopic (exact) mass is 293 g/mol. The van der Waals surface area contributed by atoms with E-state index in [0.29, 0.717) is 36.8 Å². The fourth-order valence-electron chi connectivity index (χ4n) is 1.74. The number of rotatable bonds is 8. The molecule has 5 nitrogen and oxygen atoms in total. The summed E-state index contributed by atoms with van der Waals surface area (Å²) in [7, 11) is 0. The van der Waals surface area contributed by atoms with Crippen molar-refractivity contribution in [1.29, 1.82) is 0 Å². The molecule has 1 amide bonds. The lowest BCUT2D eigenvalue weighted by Crippen LogP contribution is -2.19. The van der Waals surface area contributed by atoms with Crippen LogP contribution in [0.15, 0.2) is 30.9 Å². The Morgan fingerprint density at radius 3 is 2.57 bits per heavy atom. The van der Waals surface area contributed by atoms with Crippen molar-refractivity contribution in [1.82, 2.24) is 0 Å². The van der Waals surface area contributed by atoms with Gasteiger partial charge in [-0.3, -0.25) is 5.32 Å². The summed E-state index contributed by atoms with van der Waals surface area (Å²) in [6.45, 7) is 10.3. The van der Waals surface area contributed by atoms with E-state index in [2.05, 4.69) is 11.9 Å². The summed E-state index contributed by atoms with van der Waals surface area (Å²) in [4.78, 5) is 11.7. The van der Waals surface area contributed by atoms with Gasteiger partial charge in [-0.05, 0) is 32.9 Å². The van der Waals surface area contributed by atoms with Crippen LogP contribution < -0.4 is 14.8 Å². The molecule has 0 aromatic heterocycles. The van der Waals surface area contributed by atoms with Gasteiger partial charge in [-0.15, -0.1) is 6.58 Å². The zero-order chi connectivity index (χ0) is 15.7. The molecule has 1 aromatic rings. The number of amides is 1. The van der Waals surface area contributed by atoms with E-state index in [0.717, 1.165) is 0 Å². The van der Waals surface area contributed by atoms with E-state index in [1.807, 2.05) is 20.8 Å². The minimum absolute atomic E-state index is 0.212. The minimum Gasteiger partial charge on any atom is -0.490 e. The molecule has 0 radical (unpaired) electrons. The molecule has 1 aromatic carbocycles. The number of carbonyl (C=O) groups excluding carboxylic acids is 1. The summed E-state index contributed by atoms with van der Waals surface area (Å²) in [5.74, 6) is 1.24. The average Bonchev–Trinajstić information content (AvgIpc) is 2.42. The average molecular weight is 293 g/mol. The molecule has 0 aliphatic rings. The van der Waals surface area contributed by atoms with Crippen LogP contribution in [0.25, 0.3) is 0 Å². The maximum Gasteiger partial charge on any atom is 0.411 e. The van der Waals surface area contributed by atoms with Crippen molar-refractivity contribution in [3.8, 4) is 11.5 Å². The second-order valence-corrected chi connectivity index (χ2v) is 4.39. The fourth-order valence-corrected chi connectivity index (χ4v) is 1.74. The third-order valence-corrected chi connectivity index (χ3v) is 2.60. The predicted octanol–water partition coefficient (Wildman–Crippen LogP) is 4.00. The zero-order valence-electron chi connectivity index (χ0n) is 12.8. The summed E-state index contributed by atoms with van der Waals surface area (Å²) in [5, 5.41) is 2.67. The predicted molar refractivity (Wildman–Crippen MR) is 83.2 cm³/mol. The highest BCUT2D eigenvalue weighted by Crippen LogP contribution is 2.30. The Balaban J connectivity index is 2.72. The second-order valence-electron chi connectivity index (χ2n) is 4.39. The van der Waals surface area contributed by atoms with Crippen molar-refractivity contribution < 1.29 is 19.0 Å². The van der Waals surface area contributed by atoms with Crippen molar-refractivity contribution in [2.45, 2.75) is 33.3 Å². The van der Waals surface area contributed by atoms with E-state index in [9.17, 15) is 4.79 Å². The van der Waals surface area contributed by atoms with Crippen LogP contribution in [0.2, 0.25) is 0 Å². The first-order chi connectivity index (χ1) is 10.1. The Kier molecular flexibility index (Phi) is 7.15. The molecule has 1 N–H and O–H groups in total. The number of hydrogen-bond acceptors (Lipinski definition) is 4. The van der Waals surface area contributed by atoms with Crippen molar-refractivity contribution in [3.63, 3.8) is 0 Å². The molecule has 0 fully saturated rings. The molecule has 0 aliphatic carbocycles. The Morgan fingerprint density at radius 1 is 1.29 bits per heavy atom. The van der Waals surface area contributed by atoms with Gasteiger partial charge in [-0.1, -0.05) is 6.08 Å². The van der Waals surface area contributed by atoms with Gasteiger partial charge >= 0.3 is 6.09 Å². The SMILES string of the molecule is C=CCC(C)OC(=O)Nc1ccc(OCC)c(OCC)c1. The topological polar surface area (TPSA) is 56.8 Å². The van der Waals surface area contributed by atoms with Gasteiger partial charge in [0.15, 0.2) is 11.5 Å². The van der Waals surface area contributed by atoms with Crippen LogP contribution in [-0.4, -0.2) is 25.4 Å². The van der Waals surface area contributed by atoms with Gasteiger partial charge in [-0.2, -0.15) is 0 Å². The van der Waals surface area contributed by atoms with Crippen molar-refractivity contribution in [2.75, 3.05) is 18.5 Å². The summed E-state index contributed by atoms with van der Waals surface area (Å²) in [6.07, 6.45) is 1.61. The Labute approximate surface area is 125 Å². The molecule has 0 aliphatic heterocycles. The van der Waals surface area contributed by atoms with Crippen molar-refractivity contribution >= 4 is 11.8 Å². The molecule has 5 heteroatoms. The van der Waals surface area contributed by atoms with Crippen LogP contribution in [0.5, 0.6) is 11.5 Å². The lowest BCUT2D eigenvalue weighted by molar-refractivity contribution is 0.122. The van der Waals surface area contributed by atoms with E-state index >= 15 is 0 Å². The third kappa shape index (κ3) is 5.77. The molecule has 1 rings (SSSR count). The molecule has 0 saturated carbocycles. The normalized spacial score (nSPS) is 11.4. The summed E-state index contributed by atoms with van der Waals surface area (Å²) in [5.41, 5.74) is 0.595. The summed E-state index contributed by atoms with van der Waals surface area (Å²) in [6, 6.07) is 5.22. The molecule has 0 spiro atoms. The lowest BCUT2D eigenvalue weighted by Gasteiger charge is -2.14. The zero-order valence-corrected chi connectivity index (χ0v) is 12.8. The van der Waals surface area contributed by atoms with Crippen LogP contribution in [0, 0.1) is 0 Å². The van der Waals surface area contributed by atoms with Crippen LogP contribution in [-0.2, 0) is 4.74 Å². The molecule has 0 bridgehead atoms. The Hall–Kier alpha value is -2.17. The van der Waals surface area contributed by atoms with E-state index in [1.54, 1.807) is 24.3 Å². The molecule has 1 unspecified atom stereocenters. The molecular formula is C16H23NO4. The Bertz CT molecular complexity index is 473. The van der Waals surface area contributed by atoms with Crippen LogP contribution in [0.3, 0.4) is 0 Å². The highest BCUT2D eigenvalue weighted by Gasteiger charge is 2.11. The Morgan fingerprint density at radius 2 is 1.95 bits per heavy atom. The smallest absolute Gasteiger partial charge is 0.411 e. The van der Waals surface area contributed by atoms with Gasteiger partial charge in [0, 0.05) is 18.2 Å². The fraction of sp³-hybridized carbons (Fsp3) is 0.438. The van der Waals surface area contributed by atoms with Crippen LogP contribution >= 0.6 is 0 Å². The van der Waals surface area contributed by atoms with Gasteiger partial charge in [0.1, 0.15) is 6.10 Å². The summed E-state index contributed by atoms with van der Waals surface area (Å²) >= 11 is 0.